The number of rotatable bonds is 6. The van der Waals surface area contributed by atoms with Crippen LogP contribution in [0.5, 0.6) is 0 Å². The molecule has 0 aliphatic heterocycles. The first kappa shape index (κ1) is 19.2. The van der Waals surface area contributed by atoms with Crippen LogP contribution in [0.4, 0.5) is 13.2 Å². The Morgan fingerprint density at radius 1 is 1.13 bits per heavy atom. The number of nitrogens with one attached hydrogen (secondary N) is 2. The van der Waals surface area contributed by atoms with Crippen LogP contribution in [0, 0.1) is 3.57 Å². The Balaban J connectivity index is 2.31. The van der Waals surface area contributed by atoms with Crippen molar-refractivity contribution in [2.75, 3.05) is 19.7 Å². The number of hydrogen-bond acceptors (Lipinski definition) is 4. The van der Waals surface area contributed by atoms with E-state index in [4.69, 9.17) is 0 Å². The molecule has 1 aromatic rings. The van der Waals surface area contributed by atoms with Gasteiger partial charge >= 0.3 is 12.1 Å². The number of esters is 1. The fourth-order valence-electron chi connectivity index (χ4n) is 1.34. The van der Waals surface area contributed by atoms with Crippen LogP contribution in [0.2, 0.25) is 0 Å². The van der Waals surface area contributed by atoms with Gasteiger partial charge in [0.05, 0.1) is 5.56 Å². The first-order valence-electron chi connectivity index (χ1n) is 6.21. The number of benzene rings is 1. The molecule has 0 aliphatic carbocycles. The summed E-state index contributed by atoms with van der Waals surface area (Å²) in [6.07, 6.45) is -4.54. The Hall–Kier alpha value is -1.85. The highest BCUT2D eigenvalue weighted by Gasteiger charge is 2.27. The summed E-state index contributed by atoms with van der Waals surface area (Å²) < 4.78 is 40.7. The van der Waals surface area contributed by atoms with Crippen LogP contribution in [-0.4, -0.2) is 43.7 Å². The lowest BCUT2D eigenvalue weighted by Gasteiger charge is -2.09. The Kier molecular flexibility index (Phi) is 7.26. The van der Waals surface area contributed by atoms with Crippen molar-refractivity contribution in [3.05, 3.63) is 33.4 Å². The molecule has 0 bridgehead atoms. The Morgan fingerprint density at radius 2 is 1.78 bits per heavy atom. The normalized spacial score (nSPS) is 10.8. The third kappa shape index (κ3) is 7.81. The van der Waals surface area contributed by atoms with E-state index in [2.05, 4.69) is 10.1 Å². The molecule has 10 heteroatoms. The molecule has 0 heterocycles. The van der Waals surface area contributed by atoms with E-state index in [1.54, 1.807) is 29.6 Å². The van der Waals surface area contributed by atoms with E-state index in [0.29, 0.717) is 9.13 Å². The van der Waals surface area contributed by atoms with Crippen molar-refractivity contribution >= 4 is 40.4 Å². The predicted molar refractivity (Wildman–Crippen MR) is 81.5 cm³/mol. The van der Waals surface area contributed by atoms with E-state index in [-0.39, 0.29) is 0 Å². The predicted octanol–water partition coefficient (Wildman–Crippen LogP) is 1.24. The van der Waals surface area contributed by atoms with Crippen molar-refractivity contribution in [1.82, 2.24) is 10.6 Å². The minimum atomic E-state index is -4.54. The van der Waals surface area contributed by atoms with Crippen LogP contribution in [0.3, 0.4) is 0 Å². The molecular weight excluding hydrogens is 432 g/mol. The molecule has 0 saturated carbocycles. The Morgan fingerprint density at radius 3 is 2.39 bits per heavy atom. The average molecular weight is 444 g/mol. The molecule has 0 atom stereocenters. The maximum Gasteiger partial charge on any atom is 0.405 e. The van der Waals surface area contributed by atoms with Gasteiger partial charge in [0.2, 0.25) is 0 Å². The molecule has 0 fully saturated rings. The maximum atomic E-state index is 11.8. The van der Waals surface area contributed by atoms with Gasteiger partial charge in [-0.2, -0.15) is 13.2 Å². The zero-order valence-electron chi connectivity index (χ0n) is 11.6. The van der Waals surface area contributed by atoms with Crippen LogP contribution >= 0.6 is 22.6 Å². The van der Waals surface area contributed by atoms with Gasteiger partial charge in [-0.25, -0.2) is 0 Å². The third-order valence-electron chi connectivity index (χ3n) is 2.36. The number of alkyl halides is 3. The lowest BCUT2D eigenvalue weighted by Crippen LogP contribution is -2.37. The number of carbonyl (C=O) groups is 3. The summed E-state index contributed by atoms with van der Waals surface area (Å²) in [5, 5.41) is 3.84. The molecule has 0 saturated heterocycles. The van der Waals surface area contributed by atoms with Crippen molar-refractivity contribution in [3.8, 4) is 0 Å². The first-order chi connectivity index (χ1) is 10.7. The number of amides is 2. The summed E-state index contributed by atoms with van der Waals surface area (Å²) in [6.45, 7) is -2.86. The number of ether oxygens (including phenoxy) is 1. The van der Waals surface area contributed by atoms with E-state index < -0.39 is 43.7 Å². The molecule has 6 nitrogen and oxygen atoms in total. The van der Waals surface area contributed by atoms with Crippen LogP contribution in [-0.2, 0) is 14.3 Å². The van der Waals surface area contributed by atoms with E-state index in [9.17, 15) is 27.6 Å². The van der Waals surface area contributed by atoms with Gasteiger partial charge in [0.25, 0.3) is 11.8 Å². The molecule has 2 amide bonds. The van der Waals surface area contributed by atoms with E-state index in [1.165, 1.54) is 0 Å². The van der Waals surface area contributed by atoms with Gasteiger partial charge in [-0.05, 0) is 34.7 Å². The number of hydrogen-bond donors (Lipinski definition) is 2. The summed E-state index contributed by atoms with van der Waals surface area (Å²) >= 11 is 1.95. The zero-order chi connectivity index (χ0) is 17.5. The topological polar surface area (TPSA) is 84.5 Å². The van der Waals surface area contributed by atoms with Crippen molar-refractivity contribution < 1.29 is 32.3 Å². The van der Waals surface area contributed by atoms with Crippen LogP contribution < -0.4 is 10.6 Å². The van der Waals surface area contributed by atoms with Crippen LogP contribution in [0.1, 0.15) is 10.4 Å². The molecule has 23 heavy (non-hydrogen) atoms. The highest BCUT2D eigenvalue weighted by atomic mass is 127. The van der Waals surface area contributed by atoms with E-state index in [1.807, 2.05) is 22.6 Å². The molecule has 0 spiro atoms. The molecule has 0 aliphatic rings. The summed E-state index contributed by atoms with van der Waals surface area (Å²) in [7, 11) is 0. The minimum Gasteiger partial charge on any atom is -0.454 e. The average Bonchev–Trinajstić information content (AvgIpc) is 2.48. The molecule has 1 rings (SSSR count). The first-order valence-corrected chi connectivity index (χ1v) is 7.28. The second kappa shape index (κ2) is 8.70. The van der Waals surface area contributed by atoms with Crippen molar-refractivity contribution in [1.29, 1.82) is 0 Å². The summed E-state index contributed by atoms with van der Waals surface area (Å²) in [4.78, 5) is 34.1. The van der Waals surface area contributed by atoms with Gasteiger partial charge in [-0.3, -0.25) is 14.4 Å². The highest BCUT2D eigenvalue weighted by molar-refractivity contribution is 14.1. The molecule has 0 unspecified atom stereocenters. The Bertz CT molecular complexity index is 593. The van der Waals surface area contributed by atoms with E-state index in [0.717, 1.165) is 0 Å². The molecule has 0 radical (unpaired) electrons. The summed E-state index contributed by atoms with van der Waals surface area (Å²) in [6, 6.07) is 6.67. The van der Waals surface area contributed by atoms with Gasteiger partial charge in [-0.15, -0.1) is 0 Å². The zero-order valence-corrected chi connectivity index (χ0v) is 13.7. The largest absolute Gasteiger partial charge is 0.454 e. The van der Waals surface area contributed by atoms with E-state index >= 15 is 0 Å². The van der Waals surface area contributed by atoms with Gasteiger partial charge in [0.15, 0.2) is 6.61 Å². The van der Waals surface area contributed by atoms with Crippen molar-refractivity contribution in [2.24, 2.45) is 0 Å². The fourth-order valence-corrected chi connectivity index (χ4v) is 1.97. The summed E-state index contributed by atoms with van der Waals surface area (Å²) in [5.74, 6) is -2.53. The van der Waals surface area contributed by atoms with Crippen molar-refractivity contribution in [3.63, 3.8) is 0 Å². The lowest BCUT2D eigenvalue weighted by molar-refractivity contribution is -0.150. The SMILES string of the molecule is O=C(COC(=O)CNC(=O)c1ccccc1I)NCC(F)(F)F. The lowest BCUT2D eigenvalue weighted by atomic mass is 10.2. The number of halogens is 4. The standard InChI is InChI=1S/C13H12F3IN2O4/c14-13(15,16)7-19-10(20)6-23-11(21)5-18-12(22)8-3-1-2-4-9(8)17/h1-4H,5-7H2,(H,18,22)(H,19,20). The summed E-state index contributed by atoms with van der Waals surface area (Å²) in [5.41, 5.74) is 0.365. The van der Waals surface area contributed by atoms with Crippen LogP contribution in [0.25, 0.3) is 0 Å². The Labute approximate surface area is 142 Å². The maximum absolute atomic E-state index is 11.8. The second-order valence-electron chi connectivity index (χ2n) is 4.22. The molecule has 1 aromatic carbocycles. The van der Waals surface area contributed by atoms with Gasteiger partial charge < -0.3 is 15.4 Å². The fraction of sp³-hybridized carbons (Fsp3) is 0.308. The third-order valence-corrected chi connectivity index (χ3v) is 3.30. The molecular formula is C13H12F3IN2O4. The molecule has 0 aromatic heterocycles. The highest BCUT2D eigenvalue weighted by Crippen LogP contribution is 2.12. The molecule has 2 N–H and O–H groups in total. The van der Waals surface area contributed by atoms with Crippen molar-refractivity contribution in [2.45, 2.75) is 6.18 Å². The second-order valence-corrected chi connectivity index (χ2v) is 5.38. The minimum absolute atomic E-state index is 0.365. The molecule has 126 valence electrons. The van der Waals surface area contributed by atoms with Gasteiger partial charge in [-0.1, -0.05) is 12.1 Å². The monoisotopic (exact) mass is 444 g/mol. The van der Waals surface area contributed by atoms with Gasteiger partial charge in [0.1, 0.15) is 13.1 Å². The number of carbonyl (C=O) groups excluding carboxylic acids is 3. The van der Waals surface area contributed by atoms with Gasteiger partial charge in [0, 0.05) is 3.57 Å². The quantitative estimate of drug-likeness (QED) is 0.511. The smallest absolute Gasteiger partial charge is 0.405 e. The van der Waals surface area contributed by atoms with Crippen LogP contribution in [0.15, 0.2) is 24.3 Å².